The van der Waals surface area contributed by atoms with E-state index in [2.05, 4.69) is 0 Å². The van der Waals surface area contributed by atoms with E-state index in [1.165, 1.54) is 0 Å². The molecular weight excluding hydrogens is 322 g/mol. The smallest absolute Gasteiger partial charge is 0.323 e. The second-order valence-electron chi connectivity index (χ2n) is 5.89. The van der Waals surface area contributed by atoms with Gasteiger partial charge < -0.3 is 19.1 Å². The largest absolute Gasteiger partial charge is 0.480 e. The molecule has 3 aromatic rings. The van der Waals surface area contributed by atoms with Crippen LogP contribution in [0.25, 0.3) is 10.9 Å². The summed E-state index contributed by atoms with van der Waals surface area (Å²) in [6, 6.07) is 12.6. The maximum atomic E-state index is 12.8. The molecule has 0 saturated carbocycles. The summed E-state index contributed by atoms with van der Waals surface area (Å²) < 4.78 is 12.3. The summed E-state index contributed by atoms with van der Waals surface area (Å²) in [6.07, 6.45) is 2.02. The van der Waals surface area contributed by atoms with Crippen molar-refractivity contribution in [1.82, 2.24) is 4.57 Å². The molecule has 0 fully saturated rings. The maximum absolute atomic E-state index is 12.8. The van der Waals surface area contributed by atoms with Gasteiger partial charge in [0.05, 0.1) is 5.52 Å². The van der Waals surface area contributed by atoms with Crippen molar-refractivity contribution < 1.29 is 19.4 Å². The van der Waals surface area contributed by atoms with E-state index in [9.17, 15) is 9.59 Å². The number of carboxylic acid groups (broad SMARTS) is 1. The van der Waals surface area contributed by atoms with Crippen molar-refractivity contribution in [2.75, 3.05) is 6.79 Å². The van der Waals surface area contributed by atoms with E-state index in [0.29, 0.717) is 34.4 Å². The van der Waals surface area contributed by atoms with E-state index in [-0.39, 0.29) is 18.8 Å². The van der Waals surface area contributed by atoms with Crippen LogP contribution in [-0.4, -0.2) is 22.4 Å². The summed E-state index contributed by atoms with van der Waals surface area (Å²) in [7, 11) is 0. The third kappa shape index (κ3) is 2.82. The first-order chi connectivity index (χ1) is 12.1. The third-order valence-electron chi connectivity index (χ3n) is 4.20. The molecule has 1 aliphatic rings. The third-order valence-corrected chi connectivity index (χ3v) is 4.20. The number of benzene rings is 2. The Balaban J connectivity index is 1.80. The van der Waals surface area contributed by atoms with Crippen LogP contribution in [0.1, 0.15) is 11.1 Å². The highest BCUT2D eigenvalue weighted by Crippen LogP contribution is 2.33. The molecule has 0 unspecified atom stereocenters. The van der Waals surface area contributed by atoms with Crippen molar-refractivity contribution in [2.45, 2.75) is 13.0 Å². The van der Waals surface area contributed by atoms with E-state index in [0.717, 1.165) is 5.56 Å². The number of hydrogen-bond donors (Lipinski definition) is 1. The predicted octanol–water partition coefficient (Wildman–Crippen LogP) is 2.41. The Bertz CT molecular complexity index is 1040. The molecule has 0 spiro atoms. The van der Waals surface area contributed by atoms with Gasteiger partial charge in [-0.1, -0.05) is 18.2 Å². The minimum Gasteiger partial charge on any atom is -0.480 e. The summed E-state index contributed by atoms with van der Waals surface area (Å²) in [5.41, 5.74) is 1.97. The van der Waals surface area contributed by atoms with Crippen LogP contribution in [0.5, 0.6) is 11.5 Å². The predicted molar refractivity (Wildman–Crippen MR) is 91.2 cm³/mol. The molecule has 126 valence electrons. The molecule has 0 atom stereocenters. The zero-order chi connectivity index (χ0) is 17.4. The monoisotopic (exact) mass is 337 g/mol. The highest BCUT2D eigenvalue weighted by molar-refractivity contribution is 5.81. The molecular formula is C19H15NO5. The van der Waals surface area contributed by atoms with Gasteiger partial charge in [0, 0.05) is 23.6 Å². The van der Waals surface area contributed by atoms with Gasteiger partial charge in [0.1, 0.15) is 6.54 Å². The van der Waals surface area contributed by atoms with E-state index in [1.54, 1.807) is 35.0 Å². The van der Waals surface area contributed by atoms with Gasteiger partial charge in [0.15, 0.2) is 16.9 Å². The first-order valence-corrected chi connectivity index (χ1v) is 7.83. The molecule has 0 amide bonds. The SMILES string of the molecule is O=C(O)Cn1cc(Cc2ccc3c(c2)OCO3)c(=O)c2ccccc21. The van der Waals surface area contributed by atoms with Gasteiger partial charge in [-0.2, -0.15) is 0 Å². The van der Waals surface area contributed by atoms with E-state index in [4.69, 9.17) is 14.6 Å². The topological polar surface area (TPSA) is 77.8 Å². The molecule has 6 nitrogen and oxygen atoms in total. The van der Waals surface area contributed by atoms with Gasteiger partial charge in [-0.3, -0.25) is 9.59 Å². The highest BCUT2D eigenvalue weighted by atomic mass is 16.7. The number of aliphatic carboxylic acids is 1. The van der Waals surface area contributed by atoms with E-state index >= 15 is 0 Å². The Hall–Kier alpha value is -3.28. The quantitative estimate of drug-likeness (QED) is 0.791. The fourth-order valence-corrected chi connectivity index (χ4v) is 3.08. The normalized spacial score (nSPS) is 12.5. The summed E-state index contributed by atoms with van der Waals surface area (Å²) in [6.45, 7) is -0.00485. The summed E-state index contributed by atoms with van der Waals surface area (Å²) in [5, 5.41) is 9.67. The van der Waals surface area contributed by atoms with Gasteiger partial charge >= 0.3 is 5.97 Å². The first-order valence-electron chi connectivity index (χ1n) is 7.83. The minimum atomic E-state index is -0.956. The van der Waals surface area contributed by atoms with Crippen LogP contribution in [-0.2, 0) is 17.8 Å². The second-order valence-corrected chi connectivity index (χ2v) is 5.89. The standard InChI is InChI=1S/C19H15NO5/c21-18(22)10-20-9-13(19(23)14-3-1-2-4-15(14)20)7-12-5-6-16-17(8-12)25-11-24-16/h1-6,8-9H,7,10-11H2,(H,21,22). The van der Waals surface area contributed by atoms with E-state index < -0.39 is 5.97 Å². The minimum absolute atomic E-state index is 0.0881. The van der Waals surface area contributed by atoms with Gasteiger partial charge in [0.25, 0.3) is 0 Å². The summed E-state index contributed by atoms with van der Waals surface area (Å²) in [5.74, 6) is 0.387. The zero-order valence-corrected chi connectivity index (χ0v) is 13.3. The molecule has 0 bridgehead atoms. The maximum Gasteiger partial charge on any atom is 0.323 e. The second kappa shape index (κ2) is 5.98. The Kier molecular flexibility index (Phi) is 3.65. The van der Waals surface area contributed by atoms with Gasteiger partial charge in [-0.05, 0) is 29.8 Å². The van der Waals surface area contributed by atoms with Crippen molar-refractivity contribution in [3.8, 4) is 11.5 Å². The van der Waals surface area contributed by atoms with Crippen molar-refractivity contribution in [2.24, 2.45) is 0 Å². The Morgan fingerprint density at radius 3 is 2.76 bits per heavy atom. The Labute approximate surface area is 142 Å². The molecule has 0 saturated heterocycles. The molecule has 2 aromatic carbocycles. The van der Waals surface area contributed by atoms with Crippen molar-refractivity contribution in [3.63, 3.8) is 0 Å². The van der Waals surface area contributed by atoms with Gasteiger partial charge in [-0.25, -0.2) is 0 Å². The number of fused-ring (bicyclic) bond motifs is 2. The zero-order valence-electron chi connectivity index (χ0n) is 13.3. The van der Waals surface area contributed by atoms with Crippen molar-refractivity contribution in [3.05, 3.63) is 70.0 Å². The molecule has 1 aromatic heterocycles. The fraction of sp³-hybridized carbons (Fsp3) is 0.158. The Morgan fingerprint density at radius 2 is 1.92 bits per heavy atom. The lowest BCUT2D eigenvalue weighted by atomic mass is 10.0. The summed E-state index contributed by atoms with van der Waals surface area (Å²) in [4.78, 5) is 24.0. The number of carbonyl (C=O) groups is 1. The highest BCUT2D eigenvalue weighted by Gasteiger charge is 2.15. The number of aromatic nitrogens is 1. The number of carboxylic acids is 1. The van der Waals surface area contributed by atoms with Gasteiger partial charge in [-0.15, -0.1) is 0 Å². The first kappa shape index (κ1) is 15.3. The summed E-state index contributed by atoms with van der Waals surface area (Å²) >= 11 is 0. The van der Waals surface area contributed by atoms with Crippen LogP contribution in [0, 0.1) is 0 Å². The van der Waals surface area contributed by atoms with E-state index in [1.807, 2.05) is 18.2 Å². The average molecular weight is 337 g/mol. The van der Waals surface area contributed by atoms with Crippen LogP contribution in [0.15, 0.2) is 53.5 Å². The molecule has 0 aliphatic carbocycles. The number of nitrogens with zero attached hydrogens (tertiary/aromatic N) is 1. The Morgan fingerprint density at radius 1 is 1.12 bits per heavy atom. The molecule has 6 heteroatoms. The van der Waals surface area contributed by atoms with Crippen LogP contribution in [0.2, 0.25) is 0 Å². The number of ether oxygens (including phenoxy) is 2. The molecule has 2 heterocycles. The molecule has 4 rings (SSSR count). The molecule has 0 radical (unpaired) electrons. The number of pyridine rings is 1. The molecule has 1 aliphatic heterocycles. The van der Waals surface area contributed by atoms with Crippen LogP contribution < -0.4 is 14.9 Å². The lowest BCUT2D eigenvalue weighted by molar-refractivity contribution is -0.137. The fourth-order valence-electron chi connectivity index (χ4n) is 3.08. The van der Waals surface area contributed by atoms with Crippen molar-refractivity contribution >= 4 is 16.9 Å². The lowest BCUT2D eigenvalue weighted by Gasteiger charge is -2.12. The van der Waals surface area contributed by atoms with Crippen LogP contribution in [0.4, 0.5) is 0 Å². The molecule has 25 heavy (non-hydrogen) atoms. The average Bonchev–Trinajstić information content (AvgIpc) is 3.06. The number of para-hydroxylation sites is 1. The van der Waals surface area contributed by atoms with Crippen LogP contribution >= 0.6 is 0 Å². The van der Waals surface area contributed by atoms with Crippen molar-refractivity contribution in [1.29, 1.82) is 0 Å². The number of hydrogen-bond acceptors (Lipinski definition) is 4. The van der Waals surface area contributed by atoms with Crippen LogP contribution in [0.3, 0.4) is 0 Å². The van der Waals surface area contributed by atoms with Gasteiger partial charge in [0.2, 0.25) is 6.79 Å². The molecule has 1 N–H and O–H groups in total. The number of rotatable bonds is 4. The lowest BCUT2D eigenvalue weighted by Crippen LogP contribution is -2.18.